The average Bonchev–Trinajstić information content (AvgIpc) is 2.90. The zero-order valence-corrected chi connectivity index (χ0v) is 13.3. The Bertz CT molecular complexity index is 531. The summed E-state index contributed by atoms with van der Waals surface area (Å²) in [5, 5.41) is 4.59. The summed E-state index contributed by atoms with van der Waals surface area (Å²) in [6.07, 6.45) is 5.23. The standard InChI is InChI=1S/C18H27N3/c1-3-17-14-18(21(4-2)20-17)13-16(19)12-8-11-15-9-6-5-7-10-15/h5-7,9-10,14,16H,3-4,8,11-13,19H2,1-2H3. The van der Waals surface area contributed by atoms with E-state index in [0.717, 1.165) is 38.6 Å². The lowest BCUT2D eigenvalue weighted by atomic mass is 10.0. The molecule has 0 radical (unpaired) electrons. The Kier molecular flexibility index (Phi) is 6.00. The minimum absolute atomic E-state index is 0.223. The van der Waals surface area contributed by atoms with E-state index in [-0.39, 0.29) is 6.04 Å². The van der Waals surface area contributed by atoms with Crippen molar-refractivity contribution in [3.8, 4) is 0 Å². The summed E-state index contributed by atoms with van der Waals surface area (Å²) in [5.74, 6) is 0. The first-order chi connectivity index (χ1) is 10.2. The second kappa shape index (κ2) is 7.99. The van der Waals surface area contributed by atoms with Crippen LogP contribution in [0.1, 0.15) is 43.6 Å². The zero-order valence-electron chi connectivity index (χ0n) is 13.3. The van der Waals surface area contributed by atoms with Crippen molar-refractivity contribution in [2.75, 3.05) is 0 Å². The molecule has 0 saturated carbocycles. The van der Waals surface area contributed by atoms with Gasteiger partial charge in [0.2, 0.25) is 0 Å². The van der Waals surface area contributed by atoms with Gasteiger partial charge < -0.3 is 5.73 Å². The van der Waals surface area contributed by atoms with E-state index >= 15 is 0 Å². The fourth-order valence-electron chi connectivity index (χ4n) is 2.71. The smallest absolute Gasteiger partial charge is 0.0624 e. The van der Waals surface area contributed by atoms with Gasteiger partial charge in [-0.2, -0.15) is 5.10 Å². The molecule has 3 heteroatoms. The number of nitrogens with zero attached hydrogens (tertiary/aromatic N) is 2. The summed E-state index contributed by atoms with van der Waals surface area (Å²) in [6.45, 7) is 5.20. The molecule has 0 amide bonds. The lowest BCUT2D eigenvalue weighted by molar-refractivity contribution is 0.539. The molecule has 2 aromatic rings. The number of nitrogens with two attached hydrogens (primary N) is 1. The van der Waals surface area contributed by atoms with Crippen LogP contribution in [0, 0.1) is 0 Å². The van der Waals surface area contributed by atoms with Crippen molar-refractivity contribution in [2.24, 2.45) is 5.73 Å². The molecule has 1 aromatic heterocycles. The summed E-state index contributed by atoms with van der Waals surface area (Å²) in [4.78, 5) is 0. The second-order valence-corrected chi connectivity index (χ2v) is 5.64. The molecule has 0 saturated heterocycles. The van der Waals surface area contributed by atoms with Crippen molar-refractivity contribution >= 4 is 0 Å². The lowest BCUT2D eigenvalue weighted by Gasteiger charge is -2.12. The molecule has 2 rings (SSSR count). The molecular formula is C18H27N3. The Balaban J connectivity index is 1.81. The van der Waals surface area contributed by atoms with Gasteiger partial charge in [0.1, 0.15) is 0 Å². The van der Waals surface area contributed by atoms with Crippen molar-refractivity contribution in [3.05, 3.63) is 53.3 Å². The van der Waals surface area contributed by atoms with Crippen LogP contribution in [0.2, 0.25) is 0 Å². The van der Waals surface area contributed by atoms with Crippen LogP contribution in [0.4, 0.5) is 0 Å². The minimum atomic E-state index is 0.223. The van der Waals surface area contributed by atoms with Crippen LogP contribution >= 0.6 is 0 Å². The van der Waals surface area contributed by atoms with Crippen molar-refractivity contribution in [3.63, 3.8) is 0 Å². The Morgan fingerprint density at radius 1 is 1.19 bits per heavy atom. The maximum atomic E-state index is 6.30. The molecule has 1 heterocycles. The third-order valence-corrected chi connectivity index (χ3v) is 3.93. The highest BCUT2D eigenvalue weighted by Crippen LogP contribution is 2.12. The molecule has 0 spiro atoms. The zero-order chi connectivity index (χ0) is 15.1. The average molecular weight is 285 g/mol. The third kappa shape index (κ3) is 4.71. The lowest BCUT2D eigenvalue weighted by Crippen LogP contribution is -2.24. The van der Waals surface area contributed by atoms with Crippen LogP contribution in [0.3, 0.4) is 0 Å². The van der Waals surface area contributed by atoms with Crippen LogP contribution in [-0.2, 0) is 25.8 Å². The monoisotopic (exact) mass is 285 g/mol. The maximum absolute atomic E-state index is 6.30. The quantitative estimate of drug-likeness (QED) is 0.808. The highest BCUT2D eigenvalue weighted by Gasteiger charge is 2.10. The van der Waals surface area contributed by atoms with E-state index in [9.17, 15) is 0 Å². The highest BCUT2D eigenvalue weighted by molar-refractivity contribution is 5.15. The van der Waals surface area contributed by atoms with Crippen molar-refractivity contribution in [1.29, 1.82) is 0 Å². The van der Waals surface area contributed by atoms with E-state index in [2.05, 4.69) is 60.0 Å². The Morgan fingerprint density at radius 3 is 2.62 bits per heavy atom. The Labute approximate surface area is 128 Å². The third-order valence-electron chi connectivity index (χ3n) is 3.93. The highest BCUT2D eigenvalue weighted by atomic mass is 15.3. The number of hydrogen-bond acceptors (Lipinski definition) is 2. The molecule has 1 atom stereocenters. The number of hydrogen-bond donors (Lipinski definition) is 1. The summed E-state index contributed by atoms with van der Waals surface area (Å²) in [7, 11) is 0. The van der Waals surface area contributed by atoms with E-state index in [1.54, 1.807) is 0 Å². The molecule has 2 N–H and O–H groups in total. The summed E-state index contributed by atoms with van der Waals surface area (Å²) in [5.41, 5.74) is 10.2. The molecule has 0 bridgehead atoms. The molecule has 1 aromatic carbocycles. The van der Waals surface area contributed by atoms with E-state index < -0.39 is 0 Å². The van der Waals surface area contributed by atoms with Crippen molar-refractivity contribution in [2.45, 2.75) is 58.5 Å². The van der Waals surface area contributed by atoms with Crippen molar-refractivity contribution in [1.82, 2.24) is 9.78 Å². The predicted molar refractivity (Wildman–Crippen MR) is 88.3 cm³/mol. The van der Waals surface area contributed by atoms with Gasteiger partial charge >= 0.3 is 0 Å². The summed E-state index contributed by atoms with van der Waals surface area (Å²) >= 11 is 0. The van der Waals surface area contributed by atoms with E-state index in [1.807, 2.05) is 0 Å². The molecule has 0 aliphatic carbocycles. The minimum Gasteiger partial charge on any atom is -0.327 e. The molecule has 1 unspecified atom stereocenters. The number of rotatable bonds is 8. The van der Waals surface area contributed by atoms with Crippen LogP contribution < -0.4 is 5.73 Å². The summed E-state index contributed by atoms with van der Waals surface area (Å²) in [6, 6.07) is 13.1. The van der Waals surface area contributed by atoms with Crippen LogP contribution in [-0.4, -0.2) is 15.8 Å². The SMILES string of the molecule is CCc1cc(CC(N)CCCc2ccccc2)n(CC)n1. The first kappa shape index (κ1) is 15.8. The van der Waals surface area contributed by atoms with Crippen LogP contribution in [0.5, 0.6) is 0 Å². The number of benzene rings is 1. The van der Waals surface area contributed by atoms with Gasteiger partial charge in [-0.3, -0.25) is 4.68 Å². The molecule has 0 aliphatic heterocycles. The van der Waals surface area contributed by atoms with Gasteiger partial charge in [0.05, 0.1) is 5.69 Å². The van der Waals surface area contributed by atoms with Crippen molar-refractivity contribution < 1.29 is 0 Å². The Morgan fingerprint density at radius 2 is 1.95 bits per heavy atom. The molecule has 0 fully saturated rings. The Hall–Kier alpha value is -1.61. The normalized spacial score (nSPS) is 12.5. The fraction of sp³-hybridized carbons (Fsp3) is 0.500. The molecule has 0 aliphatic rings. The molecule has 3 nitrogen and oxygen atoms in total. The fourth-order valence-corrected chi connectivity index (χ4v) is 2.71. The van der Waals surface area contributed by atoms with E-state index in [0.29, 0.717) is 0 Å². The number of aryl methyl sites for hydroxylation is 3. The first-order valence-corrected chi connectivity index (χ1v) is 8.08. The predicted octanol–water partition coefficient (Wildman–Crippen LogP) is 3.36. The van der Waals surface area contributed by atoms with Gasteiger partial charge in [0.25, 0.3) is 0 Å². The second-order valence-electron chi connectivity index (χ2n) is 5.64. The molecule has 21 heavy (non-hydrogen) atoms. The topological polar surface area (TPSA) is 43.8 Å². The summed E-state index contributed by atoms with van der Waals surface area (Å²) < 4.78 is 2.09. The van der Waals surface area contributed by atoms with Gasteiger partial charge in [-0.25, -0.2) is 0 Å². The van der Waals surface area contributed by atoms with Gasteiger partial charge in [0, 0.05) is 24.7 Å². The van der Waals surface area contributed by atoms with Gasteiger partial charge in [-0.1, -0.05) is 37.3 Å². The van der Waals surface area contributed by atoms with Gasteiger partial charge in [-0.05, 0) is 44.2 Å². The van der Waals surface area contributed by atoms with Crippen LogP contribution in [0.25, 0.3) is 0 Å². The van der Waals surface area contributed by atoms with Gasteiger partial charge in [0.15, 0.2) is 0 Å². The number of aromatic nitrogens is 2. The largest absolute Gasteiger partial charge is 0.327 e. The first-order valence-electron chi connectivity index (χ1n) is 8.08. The van der Waals surface area contributed by atoms with E-state index in [1.165, 1.54) is 17.0 Å². The van der Waals surface area contributed by atoms with Gasteiger partial charge in [-0.15, -0.1) is 0 Å². The van der Waals surface area contributed by atoms with E-state index in [4.69, 9.17) is 5.73 Å². The van der Waals surface area contributed by atoms with Crippen LogP contribution in [0.15, 0.2) is 36.4 Å². The maximum Gasteiger partial charge on any atom is 0.0624 e. The molecular weight excluding hydrogens is 258 g/mol. The molecule has 114 valence electrons.